The Morgan fingerprint density at radius 2 is 1.82 bits per heavy atom. The number of thioether (sulfide) groups is 1. The van der Waals surface area contributed by atoms with Crippen LogP contribution in [0.3, 0.4) is 0 Å². The summed E-state index contributed by atoms with van der Waals surface area (Å²) in [5, 5.41) is 0.733. The summed E-state index contributed by atoms with van der Waals surface area (Å²) in [5.41, 5.74) is 0. The molecule has 0 bridgehead atoms. The van der Waals surface area contributed by atoms with Gasteiger partial charge in [0, 0.05) is 23.0 Å². The highest BCUT2D eigenvalue weighted by atomic mass is 35.5. The molecule has 2 rings (SSSR count). The number of nitrogens with zero attached hydrogens (tertiary/aromatic N) is 1. The fraction of sp³-hybridized carbons (Fsp3) is 0.462. The van der Waals surface area contributed by atoms with Gasteiger partial charge >= 0.3 is 0 Å². The van der Waals surface area contributed by atoms with Crippen LogP contribution >= 0.6 is 23.4 Å². The van der Waals surface area contributed by atoms with Crippen LogP contribution in [0.2, 0.25) is 5.02 Å². The van der Waals surface area contributed by atoms with Crippen molar-refractivity contribution in [2.24, 2.45) is 0 Å². The third-order valence-electron chi connectivity index (χ3n) is 2.88. The summed E-state index contributed by atoms with van der Waals surface area (Å²) in [7, 11) is 0. The maximum atomic E-state index is 11.9. The predicted molar refractivity (Wildman–Crippen MR) is 72.6 cm³/mol. The Balaban J connectivity index is 1.81. The maximum Gasteiger partial charge on any atom is 0.232 e. The third kappa shape index (κ3) is 3.93. The van der Waals surface area contributed by atoms with Gasteiger partial charge in [-0.15, -0.1) is 11.8 Å². The molecule has 0 aromatic heterocycles. The maximum absolute atomic E-state index is 11.9. The molecule has 0 atom stereocenters. The lowest BCUT2D eigenvalue weighted by Crippen LogP contribution is -2.36. The van der Waals surface area contributed by atoms with Gasteiger partial charge in [-0.3, -0.25) is 4.79 Å². The van der Waals surface area contributed by atoms with Crippen LogP contribution in [-0.4, -0.2) is 29.6 Å². The Morgan fingerprint density at radius 3 is 2.47 bits per heavy atom. The SMILES string of the molecule is O=C(CSc1ccc(Cl)cc1)N1CCCCC1. The topological polar surface area (TPSA) is 20.3 Å². The molecule has 0 saturated carbocycles. The molecule has 0 radical (unpaired) electrons. The largest absolute Gasteiger partial charge is 0.342 e. The van der Waals surface area contributed by atoms with Crippen molar-refractivity contribution in [2.75, 3.05) is 18.8 Å². The molecular weight excluding hydrogens is 254 g/mol. The highest BCUT2D eigenvalue weighted by molar-refractivity contribution is 8.00. The second kappa shape index (κ2) is 6.31. The van der Waals surface area contributed by atoms with Crippen LogP contribution in [0, 0.1) is 0 Å². The quantitative estimate of drug-likeness (QED) is 0.784. The molecule has 0 aliphatic carbocycles. The third-order valence-corrected chi connectivity index (χ3v) is 4.13. The molecule has 4 heteroatoms. The first kappa shape index (κ1) is 12.8. The minimum atomic E-state index is 0.254. The second-order valence-electron chi connectivity index (χ2n) is 4.18. The normalized spacial score (nSPS) is 15.9. The Bertz CT molecular complexity index is 374. The van der Waals surface area contributed by atoms with E-state index in [1.165, 1.54) is 6.42 Å². The summed E-state index contributed by atoms with van der Waals surface area (Å²) in [6.07, 6.45) is 3.56. The number of likely N-dealkylation sites (tertiary alicyclic amines) is 1. The van der Waals surface area contributed by atoms with E-state index in [0.29, 0.717) is 5.75 Å². The molecule has 0 spiro atoms. The van der Waals surface area contributed by atoms with Gasteiger partial charge in [0.1, 0.15) is 0 Å². The average molecular weight is 270 g/mol. The van der Waals surface area contributed by atoms with Crippen LogP contribution in [0.25, 0.3) is 0 Å². The summed E-state index contributed by atoms with van der Waals surface area (Å²) in [5.74, 6) is 0.784. The Hall–Kier alpha value is -0.670. The van der Waals surface area contributed by atoms with E-state index in [1.807, 2.05) is 29.2 Å². The van der Waals surface area contributed by atoms with Crippen molar-refractivity contribution in [2.45, 2.75) is 24.2 Å². The molecule has 1 aliphatic heterocycles. The van der Waals surface area contributed by atoms with Crippen molar-refractivity contribution in [3.8, 4) is 0 Å². The number of rotatable bonds is 3. The highest BCUT2D eigenvalue weighted by Gasteiger charge is 2.16. The van der Waals surface area contributed by atoms with E-state index in [4.69, 9.17) is 11.6 Å². The van der Waals surface area contributed by atoms with Crippen LogP contribution in [0.1, 0.15) is 19.3 Å². The lowest BCUT2D eigenvalue weighted by Gasteiger charge is -2.26. The van der Waals surface area contributed by atoms with Crippen LogP contribution in [0.5, 0.6) is 0 Å². The molecule has 0 unspecified atom stereocenters. The first-order valence-electron chi connectivity index (χ1n) is 5.92. The van der Waals surface area contributed by atoms with Gasteiger partial charge in [-0.25, -0.2) is 0 Å². The van der Waals surface area contributed by atoms with Crippen molar-refractivity contribution in [3.05, 3.63) is 29.3 Å². The zero-order valence-electron chi connectivity index (χ0n) is 9.69. The molecule has 1 aromatic rings. The van der Waals surface area contributed by atoms with Crippen molar-refractivity contribution in [1.29, 1.82) is 0 Å². The molecule has 1 fully saturated rings. The lowest BCUT2D eigenvalue weighted by atomic mass is 10.1. The zero-order chi connectivity index (χ0) is 12.1. The van der Waals surface area contributed by atoms with E-state index in [2.05, 4.69) is 0 Å². The molecule has 17 heavy (non-hydrogen) atoms. The smallest absolute Gasteiger partial charge is 0.232 e. The molecule has 1 aromatic carbocycles. The fourth-order valence-corrected chi connectivity index (χ4v) is 2.84. The van der Waals surface area contributed by atoms with Crippen LogP contribution in [0.15, 0.2) is 29.2 Å². The van der Waals surface area contributed by atoms with Crippen molar-refractivity contribution >= 4 is 29.3 Å². The van der Waals surface area contributed by atoms with Crippen LogP contribution < -0.4 is 0 Å². The summed E-state index contributed by atoms with van der Waals surface area (Å²) in [6, 6.07) is 7.62. The number of amides is 1. The number of carbonyl (C=O) groups excluding carboxylic acids is 1. The van der Waals surface area contributed by atoms with Gasteiger partial charge in [-0.2, -0.15) is 0 Å². The molecular formula is C13H16ClNOS. The minimum absolute atomic E-state index is 0.254. The number of halogens is 1. The van der Waals surface area contributed by atoms with E-state index in [9.17, 15) is 4.79 Å². The number of carbonyl (C=O) groups is 1. The van der Waals surface area contributed by atoms with Gasteiger partial charge in [0.25, 0.3) is 0 Å². The molecule has 92 valence electrons. The average Bonchev–Trinajstić information content (AvgIpc) is 2.39. The molecule has 1 aliphatic rings. The van der Waals surface area contributed by atoms with Gasteiger partial charge in [0.15, 0.2) is 0 Å². The Kier molecular flexibility index (Phi) is 4.75. The highest BCUT2D eigenvalue weighted by Crippen LogP contribution is 2.21. The Labute approximate surface area is 111 Å². The molecule has 1 heterocycles. The predicted octanol–water partition coefficient (Wildman–Crippen LogP) is 3.44. The number of piperidine rings is 1. The summed E-state index contributed by atoms with van der Waals surface area (Å²) < 4.78 is 0. The number of benzene rings is 1. The first-order chi connectivity index (χ1) is 8.25. The number of hydrogen-bond acceptors (Lipinski definition) is 2. The zero-order valence-corrected chi connectivity index (χ0v) is 11.3. The van der Waals surface area contributed by atoms with E-state index in [0.717, 1.165) is 35.8 Å². The monoisotopic (exact) mass is 269 g/mol. The lowest BCUT2D eigenvalue weighted by molar-refractivity contribution is -0.129. The first-order valence-corrected chi connectivity index (χ1v) is 7.28. The summed E-state index contributed by atoms with van der Waals surface area (Å²) in [6.45, 7) is 1.86. The molecule has 1 amide bonds. The second-order valence-corrected chi connectivity index (χ2v) is 5.67. The summed E-state index contributed by atoms with van der Waals surface area (Å²) >= 11 is 7.39. The van der Waals surface area contributed by atoms with E-state index in [-0.39, 0.29) is 5.91 Å². The van der Waals surface area contributed by atoms with Gasteiger partial charge in [-0.1, -0.05) is 11.6 Å². The van der Waals surface area contributed by atoms with Gasteiger partial charge in [0.05, 0.1) is 5.75 Å². The Morgan fingerprint density at radius 1 is 1.18 bits per heavy atom. The number of hydrogen-bond donors (Lipinski definition) is 0. The van der Waals surface area contributed by atoms with Gasteiger partial charge < -0.3 is 4.90 Å². The van der Waals surface area contributed by atoms with Crippen LogP contribution in [0.4, 0.5) is 0 Å². The van der Waals surface area contributed by atoms with E-state index < -0.39 is 0 Å². The van der Waals surface area contributed by atoms with E-state index in [1.54, 1.807) is 11.8 Å². The molecule has 2 nitrogen and oxygen atoms in total. The molecule has 1 saturated heterocycles. The van der Waals surface area contributed by atoms with E-state index >= 15 is 0 Å². The fourth-order valence-electron chi connectivity index (χ4n) is 1.91. The van der Waals surface area contributed by atoms with Crippen molar-refractivity contribution < 1.29 is 4.79 Å². The standard InChI is InChI=1S/C13H16ClNOS/c14-11-4-6-12(7-5-11)17-10-13(16)15-8-2-1-3-9-15/h4-7H,1-3,8-10H2. The van der Waals surface area contributed by atoms with Gasteiger partial charge in [-0.05, 0) is 43.5 Å². The van der Waals surface area contributed by atoms with Crippen LogP contribution in [-0.2, 0) is 4.79 Å². The van der Waals surface area contributed by atoms with Gasteiger partial charge in [0.2, 0.25) is 5.91 Å². The van der Waals surface area contributed by atoms with Crippen molar-refractivity contribution in [1.82, 2.24) is 4.90 Å². The minimum Gasteiger partial charge on any atom is -0.342 e. The molecule has 0 N–H and O–H groups in total. The summed E-state index contributed by atoms with van der Waals surface area (Å²) in [4.78, 5) is 15.0. The van der Waals surface area contributed by atoms with Crippen molar-refractivity contribution in [3.63, 3.8) is 0 Å².